The van der Waals surface area contributed by atoms with E-state index in [-0.39, 0.29) is 6.03 Å². The molecule has 0 radical (unpaired) electrons. The molecule has 94 valence electrons. The van der Waals surface area contributed by atoms with Crippen LogP contribution in [0.4, 0.5) is 10.5 Å². The lowest BCUT2D eigenvalue weighted by atomic mass is 10.3. The third-order valence-corrected chi connectivity index (χ3v) is 2.64. The predicted molar refractivity (Wildman–Crippen MR) is 72.6 cm³/mol. The van der Waals surface area contributed by atoms with Gasteiger partial charge in [0.1, 0.15) is 5.75 Å². The molecule has 0 unspecified atom stereocenters. The van der Waals surface area contributed by atoms with Crippen LogP contribution < -0.4 is 15.4 Å². The van der Waals surface area contributed by atoms with Crippen LogP contribution in [0.1, 0.15) is 19.8 Å². The number of hydrogen-bond acceptors (Lipinski definition) is 2. The summed E-state index contributed by atoms with van der Waals surface area (Å²) in [5.41, 5.74) is 0.699. The third kappa shape index (κ3) is 5.08. The van der Waals surface area contributed by atoms with Crippen molar-refractivity contribution in [2.45, 2.75) is 19.8 Å². The molecule has 2 N–H and O–H groups in total. The largest absolute Gasteiger partial charge is 0.497 e. The van der Waals surface area contributed by atoms with E-state index in [1.54, 1.807) is 13.2 Å². The number of carbonyl (C=O) groups excluding carboxylic acids is 1. The first-order valence-electron chi connectivity index (χ1n) is 5.55. The maximum Gasteiger partial charge on any atom is 0.319 e. The molecule has 0 spiro atoms. The first-order valence-corrected chi connectivity index (χ1v) is 6.34. The van der Waals surface area contributed by atoms with E-state index in [9.17, 15) is 4.79 Å². The van der Waals surface area contributed by atoms with Gasteiger partial charge in [0.2, 0.25) is 0 Å². The molecule has 5 heteroatoms. The number of urea groups is 1. The molecule has 0 aliphatic heterocycles. The fourth-order valence-electron chi connectivity index (χ4n) is 1.31. The highest BCUT2D eigenvalue weighted by atomic mass is 79.9. The summed E-state index contributed by atoms with van der Waals surface area (Å²) < 4.78 is 5.98. The van der Waals surface area contributed by atoms with Crippen molar-refractivity contribution in [2.24, 2.45) is 0 Å². The van der Waals surface area contributed by atoms with Crippen molar-refractivity contribution in [3.8, 4) is 5.75 Å². The fraction of sp³-hybridized carbons (Fsp3) is 0.417. The molecule has 0 fully saturated rings. The van der Waals surface area contributed by atoms with Crippen LogP contribution in [0.5, 0.6) is 5.75 Å². The van der Waals surface area contributed by atoms with Gasteiger partial charge in [-0.25, -0.2) is 4.79 Å². The fourth-order valence-corrected chi connectivity index (χ4v) is 1.78. The van der Waals surface area contributed by atoms with Crippen LogP contribution in [0.3, 0.4) is 0 Å². The minimum atomic E-state index is -0.196. The van der Waals surface area contributed by atoms with Crippen molar-refractivity contribution in [3.63, 3.8) is 0 Å². The number of nitrogens with one attached hydrogen (secondary N) is 2. The van der Waals surface area contributed by atoms with Gasteiger partial charge in [-0.1, -0.05) is 29.3 Å². The lowest BCUT2D eigenvalue weighted by Gasteiger charge is -2.09. The van der Waals surface area contributed by atoms with Crippen LogP contribution in [0.2, 0.25) is 0 Å². The van der Waals surface area contributed by atoms with Gasteiger partial charge in [0.05, 0.1) is 7.11 Å². The number of methoxy groups -OCH3 is 1. The molecule has 2 amide bonds. The van der Waals surface area contributed by atoms with Crippen molar-refractivity contribution < 1.29 is 9.53 Å². The summed E-state index contributed by atoms with van der Waals surface area (Å²) in [4.78, 5) is 11.5. The Morgan fingerprint density at radius 2 is 2.18 bits per heavy atom. The number of carbonyl (C=O) groups is 1. The summed E-state index contributed by atoms with van der Waals surface area (Å²) in [6.45, 7) is 2.77. The second-order valence-corrected chi connectivity index (χ2v) is 4.53. The van der Waals surface area contributed by atoms with E-state index in [1.807, 2.05) is 12.1 Å². The average molecular weight is 301 g/mol. The lowest BCUT2D eigenvalue weighted by Crippen LogP contribution is -2.29. The number of benzene rings is 1. The molecular formula is C12H17BrN2O2. The van der Waals surface area contributed by atoms with Crippen LogP contribution in [0.15, 0.2) is 22.7 Å². The molecule has 1 aromatic carbocycles. The topological polar surface area (TPSA) is 50.4 Å². The van der Waals surface area contributed by atoms with E-state index in [0.29, 0.717) is 18.0 Å². The zero-order valence-electron chi connectivity index (χ0n) is 10.0. The van der Waals surface area contributed by atoms with E-state index in [1.165, 1.54) is 0 Å². The second kappa shape index (κ2) is 7.17. The number of rotatable bonds is 5. The smallest absolute Gasteiger partial charge is 0.319 e. The molecule has 0 aromatic heterocycles. The summed E-state index contributed by atoms with van der Waals surface area (Å²) in [5, 5.41) is 5.54. The monoisotopic (exact) mass is 300 g/mol. The molecule has 0 bridgehead atoms. The first-order chi connectivity index (χ1) is 8.15. The quantitative estimate of drug-likeness (QED) is 0.819. The number of hydrogen-bond donors (Lipinski definition) is 2. The molecular weight excluding hydrogens is 284 g/mol. The van der Waals surface area contributed by atoms with Gasteiger partial charge in [-0.05, 0) is 18.6 Å². The predicted octanol–water partition coefficient (Wildman–Crippen LogP) is 3.38. The molecule has 0 aliphatic carbocycles. The zero-order valence-corrected chi connectivity index (χ0v) is 11.6. The van der Waals surface area contributed by atoms with Crippen LogP contribution in [-0.4, -0.2) is 19.7 Å². The lowest BCUT2D eigenvalue weighted by molar-refractivity contribution is 0.252. The maximum absolute atomic E-state index is 11.5. The second-order valence-electron chi connectivity index (χ2n) is 3.61. The van der Waals surface area contributed by atoms with Gasteiger partial charge in [-0.3, -0.25) is 0 Å². The van der Waals surface area contributed by atoms with E-state index in [2.05, 4.69) is 33.5 Å². The minimum Gasteiger partial charge on any atom is -0.497 e. The van der Waals surface area contributed by atoms with Crippen molar-refractivity contribution >= 4 is 27.6 Å². The Hall–Kier alpha value is -1.23. The molecule has 17 heavy (non-hydrogen) atoms. The van der Waals surface area contributed by atoms with Crippen LogP contribution in [0.25, 0.3) is 0 Å². The Kier molecular flexibility index (Phi) is 5.83. The van der Waals surface area contributed by atoms with Crippen LogP contribution >= 0.6 is 15.9 Å². The van der Waals surface area contributed by atoms with Crippen molar-refractivity contribution in [1.29, 1.82) is 0 Å². The molecule has 0 saturated heterocycles. The Morgan fingerprint density at radius 3 is 2.82 bits per heavy atom. The standard InChI is InChI=1S/C12H17BrN2O2/c1-3-4-5-14-12(16)15-10-6-9(13)7-11(8-10)17-2/h6-8H,3-5H2,1-2H3,(H2,14,15,16). The van der Waals surface area contributed by atoms with E-state index < -0.39 is 0 Å². The highest BCUT2D eigenvalue weighted by Crippen LogP contribution is 2.24. The summed E-state index contributed by atoms with van der Waals surface area (Å²) in [7, 11) is 1.59. The summed E-state index contributed by atoms with van der Waals surface area (Å²) >= 11 is 3.36. The maximum atomic E-state index is 11.5. The summed E-state index contributed by atoms with van der Waals surface area (Å²) in [5.74, 6) is 0.697. The van der Waals surface area contributed by atoms with Gasteiger partial charge >= 0.3 is 6.03 Å². The normalized spacial score (nSPS) is 9.82. The zero-order chi connectivity index (χ0) is 12.7. The van der Waals surface area contributed by atoms with Crippen LogP contribution in [-0.2, 0) is 0 Å². The highest BCUT2D eigenvalue weighted by molar-refractivity contribution is 9.10. The van der Waals surface area contributed by atoms with E-state index in [4.69, 9.17) is 4.74 Å². The molecule has 0 aliphatic rings. The molecule has 0 heterocycles. The van der Waals surface area contributed by atoms with Crippen molar-refractivity contribution in [1.82, 2.24) is 5.32 Å². The van der Waals surface area contributed by atoms with Gasteiger partial charge < -0.3 is 15.4 Å². The van der Waals surface area contributed by atoms with Gasteiger partial charge in [-0.2, -0.15) is 0 Å². The average Bonchev–Trinajstić information content (AvgIpc) is 2.28. The van der Waals surface area contributed by atoms with Crippen molar-refractivity contribution in [3.05, 3.63) is 22.7 Å². The van der Waals surface area contributed by atoms with E-state index in [0.717, 1.165) is 17.3 Å². The Balaban J connectivity index is 2.55. The number of halogens is 1. The number of anilines is 1. The first kappa shape index (κ1) is 13.8. The SMILES string of the molecule is CCCCNC(=O)Nc1cc(Br)cc(OC)c1. The van der Waals surface area contributed by atoms with Gasteiger partial charge in [0.15, 0.2) is 0 Å². The Labute approximate surface area is 110 Å². The number of ether oxygens (including phenoxy) is 1. The van der Waals surface area contributed by atoms with Crippen LogP contribution in [0, 0.1) is 0 Å². The summed E-state index contributed by atoms with van der Waals surface area (Å²) in [6.07, 6.45) is 2.04. The number of amides is 2. The van der Waals surface area contributed by atoms with E-state index >= 15 is 0 Å². The number of unbranched alkanes of at least 4 members (excludes halogenated alkanes) is 1. The van der Waals surface area contributed by atoms with Gasteiger partial charge in [-0.15, -0.1) is 0 Å². The molecule has 1 rings (SSSR count). The Bertz CT molecular complexity index is 383. The molecule has 1 aromatic rings. The summed E-state index contributed by atoms with van der Waals surface area (Å²) in [6, 6.07) is 5.23. The Morgan fingerprint density at radius 1 is 1.41 bits per heavy atom. The van der Waals surface area contributed by atoms with Crippen molar-refractivity contribution in [2.75, 3.05) is 19.0 Å². The van der Waals surface area contributed by atoms with Gasteiger partial charge in [0.25, 0.3) is 0 Å². The highest BCUT2D eigenvalue weighted by Gasteiger charge is 2.03. The molecule has 0 saturated carbocycles. The van der Waals surface area contributed by atoms with Gasteiger partial charge in [0, 0.05) is 22.8 Å². The molecule has 4 nitrogen and oxygen atoms in total. The minimum absolute atomic E-state index is 0.196. The third-order valence-electron chi connectivity index (χ3n) is 2.18. The molecule has 0 atom stereocenters.